The Morgan fingerprint density at radius 1 is 0.882 bits per heavy atom. The number of rotatable bonds is 5. The molecule has 0 aliphatic heterocycles. The number of hydrogen-bond donors (Lipinski definition) is 0. The highest BCUT2D eigenvalue weighted by Gasteiger charge is 2.39. The number of nitrogens with zero attached hydrogens (tertiary/aromatic N) is 2. The van der Waals surface area contributed by atoms with Gasteiger partial charge in [0.1, 0.15) is 11.1 Å². The molecule has 1 amide bonds. The van der Waals surface area contributed by atoms with Crippen molar-refractivity contribution in [2.24, 2.45) is 0 Å². The van der Waals surface area contributed by atoms with Crippen molar-refractivity contribution < 1.29 is 28.8 Å². The van der Waals surface area contributed by atoms with E-state index in [9.17, 15) is 29.3 Å². The number of carbonyl (C=O) groups is 4. The zero-order valence-electron chi connectivity index (χ0n) is 18.2. The Labute approximate surface area is 193 Å². The van der Waals surface area contributed by atoms with E-state index in [2.05, 4.69) is 0 Å². The van der Waals surface area contributed by atoms with Gasteiger partial charge in [0.15, 0.2) is 11.9 Å². The number of hydrogen-bond acceptors (Lipinski definition) is 7. The summed E-state index contributed by atoms with van der Waals surface area (Å²) in [5.74, 6) is -3.00. The van der Waals surface area contributed by atoms with E-state index in [0.717, 1.165) is 6.07 Å². The highest BCUT2D eigenvalue weighted by Crippen LogP contribution is 2.36. The van der Waals surface area contributed by atoms with E-state index < -0.39 is 51.3 Å². The van der Waals surface area contributed by atoms with Gasteiger partial charge in [-0.2, -0.15) is 0 Å². The highest BCUT2D eigenvalue weighted by molar-refractivity contribution is 6.30. The van der Waals surface area contributed by atoms with Crippen molar-refractivity contribution in [3.8, 4) is 0 Å². The lowest BCUT2D eigenvalue weighted by atomic mass is 9.82. The van der Waals surface area contributed by atoms with Crippen LogP contribution in [0.5, 0.6) is 0 Å². The summed E-state index contributed by atoms with van der Waals surface area (Å²) >= 11 is 0. The van der Waals surface area contributed by atoms with Gasteiger partial charge < -0.3 is 9.64 Å². The first-order valence-electron chi connectivity index (χ1n) is 10.3. The maximum Gasteiger partial charge on any atom is 0.345 e. The van der Waals surface area contributed by atoms with Crippen molar-refractivity contribution in [3.63, 3.8) is 0 Å². The monoisotopic (exact) mass is 458 g/mol. The van der Waals surface area contributed by atoms with Crippen LogP contribution in [0.1, 0.15) is 49.1 Å². The molecule has 3 aromatic carbocycles. The minimum absolute atomic E-state index is 0.0154. The van der Waals surface area contributed by atoms with Gasteiger partial charge in [0, 0.05) is 29.4 Å². The molecule has 0 bridgehead atoms. The lowest BCUT2D eigenvalue weighted by molar-refractivity contribution is -0.385. The van der Waals surface area contributed by atoms with Gasteiger partial charge in [0.25, 0.3) is 11.6 Å². The summed E-state index contributed by atoms with van der Waals surface area (Å²) in [6.45, 7) is 1.34. The molecule has 0 saturated carbocycles. The van der Waals surface area contributed by atoms with Gasteiger partial charge in [-0.25, -0.2) is 4.79 Å². The van der Waals surface area contributed by atoms with Crippen LogP contribution in [0.4, 0.5) is 11.4 Å². The number of esters is 1. The number of nitro groups is 1. The van der Waals surface area contributed by atoms with Crippen molar-refractivity contribution in [3.05, 3.63) is 105 Å². The summed E-state index contributed by atoms with van der Waals surface area (Å²) in [6, 6.07) is 16.9. The predicted octanol–water partition coefficient (Wildman–Crippen LogP) is 3.58. The number of benzene rings is 3. The molecule has 1 aliphatic rings. The second-order valence-corrected chi connectivity index (χ2v) is 7.63. The number of carbonyl (C=O) groups excluding carboxylic acids is 4. The molecule has 0 heterocycles. The second kappa shape index (κ2) is 8.70. The number of ether oxygens (including phenoxy) is 1. The maximum absolute atomic E-state index is 13.1. The van der Waals surface area contributed by atoms with Crippen LogP contribution in [0.25, 0.3) is 0 Å². The molecule has 0 aromatic heterocycles. The predicted molar refractivity (Wildman–Crippen MR) is 121 cm³/mol. The molecule has 4 rings (SSSR count). The number of anilines is 1. The molecule has 0 fully saturated rings. The van der Waals surface area contributed by atoms with Crippen LogP contribution in [-0.2, 0) is 9.53 Å². The molecule has 0 unspecified atom stereocenters. The summed E-state index contributed by atoms with van der Waals surface area (Å²) in [4.78, 5) is 63.8. The Bertz CT molecular complexity index is 1360. The molecule has 0 radical (unpaired) electrons. The number of amides is 1. The highest BCUT2D eigenvalue weighted by atomic mass is 16.6. The Kier molecular flexibility index (Phi) is 5.77. The van der Waals surface area contributed by atoms with Crippen LogP contribution in [0.3, 0.4) is 0 Å². The minimum atomic E-state index is -1.27. The number of fused-ring (bicyclic) bond motifs is 2. The lowest BCUT2D eigenvalue weighted by Gasteiger charge is -2.22. The molecule has 0 saturated heterocycles. The zero-order chi connectivity index (χ0) is 24.6. The van der Waals surface area contributed by atoms with Gasteiger partial charge in [-0.05, 0) is 31.2 Å². The third kappa shape index (κ3) is 3.73. The van der Waals surface area contributed by atoms with E-state index in [1.165, 1.54) is 43.1 Å². The Balaban J connectivity index is 1.68. The molecule has 1 aliphatic carbocycles. The normalized spacial score (nSPS) is 12.9. The molecule has 3 aromatic rings. The smallest absolute Gasteiger partial charge is 0.345 e. The zero-order valence-corrected chi connectivity index (χ0v) is 18.2. The Morgan fingerprint density at radius 2 is 1.47 bits per heavy atom. The number of likely N-dealkylation sites (N-methyl/N-ethyl adjacent to an activating group) is 1. The number of para-hydroxylation sites is 1. The van der Waals surface area contributed by atoms with Crippen LogP contribution in [0.15, 0.2) is 66.7 Å². The molecular formula is C25H18N2O7. The van der Waals surface area contributed by atoms with E-state index in [0.29, 0.717) is 5.69 Å². The van der Waals surface area contributed by atoms with Crippen LogP contribution in [0.2, 0.25) is 0 Å². The molecule has 9 heteroatoms. The van der Waals surface area contributed by atoms with Gasteiger partial charge in [0.05, 0.1) is 4.92 Å². The van der Waals surface area contributed by atoms with Gasteiger partial charge >= 0.3 is 5.97 Å². The van der Waals surface area contributed by atoms with E-state index >= 15 is 0 Å². The van der Waals surface area contributed by atoms with Crippen molar-refractivity contribution in [2.45, 2.75) is 13.0 Å². The fourth-order valence-electron chi connectivity index (χ4n) is 3.85. The molecule has 1 atom stereocenters. The van der Waals surface area contributed by atoms with Gasteiger partial charge in [-0.3, -0.25) is 24.5 Å². The topological polar surface area (TPSA) is 124 Å². The van der Waals surface area contributed by atoms with E-state index in [1.54, 1.807) is 36.4 Å². The van der Waals surface area contributed by atoms with Gasteiger partial charge in [-0.1, -0.05) is 42.5 Å². The molecule has 170 valence electrons. The average molecular weight is 458 g/mol. The van der Waals surface area contributed by atoms with E-state index in [1.807, 2.05) is 0 Å². The number of nitro benzene ring substituents is 1. The summed E-state index contributed by atoms with van der Waals surface area (Å²) in [5.41, 5.74) is -1.27. The van der Waals surface area contributed by atoms with Crippen LogP contribution in [-0.4, -0.2) is 41.5 Å². The minimum Gasteiger partial charge on any atom is -0.449 e. The molecule has 9 nitrogen and oxygen atoms in total. The largest absolute Gasteiger partial charge is 0.449 e. The van der Waals surface area contributed by atoms with Gasteiger partial charge in [-0.15, -0.1) is 0 Å². The maximum atomic E-state index is 13.1. The standard InChI is InChI=1S/C25H18N2O7/c1-14(24(30)26(2)15-8-4-3-5-9-15)34-25(31)19-13-12-18-20(21(19)27(32)33)23(29)17-11-7-6-10-16(17)22(18)28/h3-14H,1-2H3/t14-/m0/s1. The SMILES string of the molecule is C[C@H](OC(=O)c1ccc2c(c1[N+](=O)[O-])C(=O)c1ccccc1C2=O)C(=O)N(C)c1ccccc1. The fourth-order valence-corrected chi connectivity index (χ4v) is 3.85. The van der Waals surface area contributed by atoms with Crippen molar-refractivity contribution in [2.75, 3.05) is 11.9 Å². The summed E-state index contributed by atoms with van der Waals surface area (Å²) in [5, 5.41) is 11.9. The molecule has 0 spiro atoms. The summed E-state index contributed by atoms with van der Waals surface area (Å²) in [6.07, 6.45) is -1.27. The molecular weight excluding hydrogens is 440 g/mol. The van der Waals surface area contributed by atoms with Crippen molar-refractivity contribution in [1.29, 1.82) is 0 Å². The Morgan fingerprint density at radius 3 is 2.09 bits per heavy atom. The first kappa shape index (κ1) is 22.5. The fraction of sp³-hybridized carbons (Fsp3) is 0.120. The molecule has 0 N–H and O–H groups in total. The average Bonchev–Trinajstić information content (AvgIpc) is 2.85. The van der Waals surface area contributed by atoms with Gasteiger partial charge in [0.2, 0.25) is 5.78 Å². The quantitative estimate of drug-likeness (QED) is 0.254. The van der Waals surface area contributed by atoms with E-state index in [-0.39, 0.29) is 16.7 Å². The third-order valence-corrected chi connectivity index (χ3v) is 5.57. The van der Waals surface area contributed by atoms with Crippen molar-refractivity contribution in [1.82, 2.24) is 0 Å². The summed E-state index contributed by atoms with van der Waals surface area (Å²) in [7, 11) is 1.51. The lowest BCUT2D eigenvalue weighted by Crippen LogP contribution is -2.37. The summed E-state index contributed by atoms with van der Waals surface area (Å²) < 4.78 is 5.22. The third-order valence-electron chi connectivity index (χ3n) is 5.57. The van der Waals surface area contributed by atoms with Crippen LogP contribution >= 0.6 is 0 Å². The second-order valence-electron chi connectivity index (χ2n) is 7.63. The first-order chi connectivity index (χ1) is 16.2. The van der Waals surface area contributed by atoms with Crippen molar-refractivity contribution >= 4 is 34.8 Å². The Hall–Kier alpha value is -4.66. The number of ketones is 2. The van der Waals surface area contributed by atoms with Crippen LogP contribution < -0.4 is 4.90 Å². The van der Waals surface area contributed by atoms with E-state index in [4.69, 9.17) is 4.74 Å². The first-order valence-corrected chi connectivity index (χ1v) is 10.3. The molecule has 34 heavy (non-hydrogen) atoms. The van der Waals surface area contributed by atoms with Crippen LogP contribution in [0, 0.1) is 10.1 Å².